The summed E-state index contributed by atoms with van der Waals surface area (Å²) in [6.07, 6.45) is 5.02. The first-order valence-corrected chi connectivity index (χ1v) is 34.5. The second kappa shape index (κ2) is 40.5. The fraction of sp³-hybridized carbons (Fsp3) is 0.562. The molecule has 5 aliphatic rings. The second-order valence-electron chi connectivity index (χ2n) is 26.5. The summed E-state index contributed by atoms with van der Waals surface area (Å²) in [6, 6.07) is 18.1. The first-order chi connectivity index (χ1) is 49.0. The maximum absolute atomic E-state index is 16.1. The molecule has 0 radical (unpaired) electrons. The minimum atomic E-state index is -4.64. The quantitative estimate of drug-likeness (QED) is 0.0181. The number of nitrogens with one attached hydrogen (secondary N) is 2. The number of methoxy groups -OCH3 is 3. The van der Waals surface area contributed by atoms with Crippen LogP contribution in [-0.4, -0.2) is 205 Å². The Morgan fingerprint density at radius 1 is 0.581 bits per heavy atom. The number of ether oxygens (including phenoxy) is 7. The van der Waals surface area contributed by atoms with Gasteiger partial charge in [-0.05, 0) is 133 Å². The minimum Gasteiger partial charge on any atom is -0.870 e. The van der Waals surface area contributed by atoms with Crippen molar-refractivity contribution in [2.75, 3.05) is 104 Å². The monoisotopic (exact) mass is 1490 g/mol. The smallest absolute Gasteiger partial charge is 0.870 e. The normalized spacial score (nSPS) is 16.4. The number of aromatic nitrogens is 5. The Kier molecular flexibility index (Phi) is 33.7. The number of hydrogen-bond acceptors (Lipinski definition) is 22. The molecule has 10 heterocycles. The molecule has 32 heteroatoms. The third-order valence-corrected chi connectivity index (χ3v) is 17.8. The zero-order valence-electron chi connectivity index (χ0n) is 61.3. The van der Waals surface area contributed by atoms with Crippen LogP contribution in [0, 0.1) is 0 Å². The number of likely N-dealkylation sites (tertiary alicyclic amines) is 2. The van der Waals surface area contributed by atoms with E-state index >= 15 is 8.78 Å². The van der Waals surface area contributed by atoms with Gasteiger partial charge >= 0.3 is 59.7 Å². The molecule has 3 fully saturated rings. The maximum atomic E-state index is 16.1. The Balaban J connectivity index is 0.000000282. The van der Waals surface area contributed by atoms with Crippen LogP contribution in [0.25, 0.3) is 0 Å². The number of esters is 3. The van der Waals surface area contributed by atoms with Gasteiger partial charge in [0.15, 0.2) is 11.3 Å². The van der Waals surface area contributed by atoms with Gasteiger partial charge < -0.3 is 59.1 Å². The molecule has 0 bridgehead atoms. The summed E-state index contributed by atoms with van der Waals surface area (Å²) in [7, 11) is 4.51. The Labute approximate surface area is 629 Å². The summed E-state index contributed by atoms with van der Waals surface area (Å²) >= 11 is 0. The SMILES string of the molecule is CCOC(=O)CC(c1ccc(OC)nc1)C1(F)CN(C(=O)CCCc2ccc3c(n2)N(C(=O)OC(C)(C)C)CCC3)C1.CCOC(=O)CC(c1ccc(OC)nc1)C1(F)CN(C(=O)CCCc2ccc3c(n2)NCCC3)C1.CCOC(=O)CC(c1ccc(OC)nc1)C1(F)CNC1.O=CC(F)(F)F.[Na+].[OH-]. The van der Waals surface area contributed by atoms with Crippen LogP contribution in [-0.2, 0) is 73.4 Å². The summed E-state index contributed by atoms with van der Waals surface area (Å²) in [5.41, 5.74) is 0.262. The molecule has 10 rings (SSSR count). The second-order valence-corrected chi connectivity index (χ2v) is 26.5. The van der Waals surface area contributed by atoms with Gasteiger partial charge in [0.25, 0.3) is 0 Å². The van der Waals surface area contributed by atoms with Crippen molar-refractivity contribution >= 4 is 53.7 Å². The average Bonchev–Trinajstić information content (AvgIpc) is 0.768. The first-order valence-electron chi connectivity index (χ1n) is 34.5. The van der Waals surface area contributed by atoms with Crippen molar-refractivity contribution in [1.29, 1.82) is 0 Å². The molecule has 3 amide bonds. The average molecular weight is 1490 g/mol. The number of amides is 3. The summed E-state index contributed by atoms with van der Waals surface area (Å²) in [4.78, 5) is 110. The summed E-state index contributed by atoms with van der Waals surface area (Å²) in [6.45, 7) is 13.0. The molecule has 5 aromatic heterocycles. The molecule has 0 aromatic carbocycles. The predicted molar refractivity (Wildman–Crippen MR) is 369 cm³/mol. The standard InChI is InChI=1S/C31H41FN4O6.C26H33FN4O4.C14H19FN2O3.C2HF3O.Na.H2O/c1-6-41-27(38)17-24(22-13-15-25(40-5)33-18-22)31(32)19-35(20-31)26(37)11-7-10-23-14-12-21-9-8-16-36(28(21)34-23)29(39)42-30(2,3)4;1-3-35-24(33)14-21(19-10-12-22(34-2)29-15-19)26(27)16-31(17-26)23(32)8-4-7-20-11-9-18-6-5-13-28-25(18)30-20;1-3-20-13(18)6-11(14(15)8-16-9-14)10-4-5-12(19-2)17-7-10;3-2(4,5)1-6;;/h12-15,18,24H,6-11,16-17,19-20H2,1-5H3;9-12,15,21H,3-8,13-14,16-17H2,1-2H3,(H,28,30);4-5,7,11,16H,3,6,8-9H2,1-2H3;1H;;1H2/q;;;;+1;/p-1. The number of carbonyl (C=O) groups is 7. The molecular weight excluding hydrogens is 1390 g/mol. The fourth-order valence-corrected chi connectivity index (χ4v) is 12.5. The molecule has 5 aromatic rings. The van der Waals surface area contributed by atoms with Gasteiger partial charge in [-0.15, -0.1) is 0 Å². The number of aryl methyl sites for hydroxylation is 4. The number of nitrogens with zero attached hydrogens (tertiary/aromatic N) is 8. The zero-order valence-corrected chi connectivity index (χ0v) is 63.3. The van der Waals surface area contributed by atoms with E-state index in [0.717, 1.165) is 55.0 Å². The predicted octanol–water partition coefficient (Wildman–Crippen LogP) is 7.25. The third-order valence-electron chi connectivity index (χ3n) is 17.8. The van der Waals surface area contributed by atoms with E-state index in [2.05, 4.69) is 36.6 Å². The van der Waals surface area contributed by atoms with E-state index in [1.807, 2.05) is 39.0 Å². The van der Waals surface area contributed by atoms with E-state index in [0.29, 0.717) is 85.4 Å². The van der Waals surface area contributed by atoms with Gasteiger partial charge in [0.05, 0.1) is 86.6 Å². The van der Waals surface area contributed by atoms with Crippen LogP contribution in [0.1, 0.15) is 156 Å². The van der Waals surface area contributed by atoms with Crippen LogP contribution >= 0.6 is 0 Å². The number of carbonyl (C=O) groups excluding carboxylic acids is 7. The molecule has 0 saturated carbocycles. The Morgan fingerprint density at radius 2 is 0.981 bits per heavy atom. The van der Waals surface area contributed by atoms with Gasteiger partial charge in [0, 0.05) is 105 Å². The van der Waals surface area contributed by atoms with Gasteiger partial charge in [0.1, 0.15) is 22.9 Å². The summed E-state index contributed by atoms with van der Waals surface area (Å²) in [5.74, 6) is -0.884. The fourth-order valence-electron chi connectivity index (χ4n) is 12.5. The molecule has 5 aliphatic heterocycles. The third kappa shape index (κ3) is 25.5. The summed E-state index contributed by atoms with van der Waals surface area (Å²) in [5, 5.41) is 6.23. The number of alkyl halides is 6. The number of halogens is 6. The van der Waals surface area contributed by atoms with E-state index in [9.17, 15) is 46.3 Å². The van der Waals surface area contributed by atoms with Crippen molar-refractivity contribution in [1.82, 2.24) is 40.0 Å². The number of hydrogen-bond donors (Lipinski definition) is 2. The molecule has 25 nitrogen and oxygen atoms in total. The first kappa shape index (κ1) is 87.4. The van der Waals surface area contributed by atoms with E-state index in [4.69, 9.17) is 42.9 Å². The van der Waals surface area contributed by atoms with Gasteiger partial charge in [-0.1, -0.05) is 30.3 Å². The van der Waals surface area contributed by atoms with Gasteiger partial charge in [0.2, 0.25) is 35.7 Å². The molecular formula is C73H95F6N10NaO15. The van der Waals surface area contributed by atoms with Gasteiger partial charge in [-0.2, -0.15) is 13.2 Å². The molecule has 105 heavy (non-hydrogen) atoms. The molecule has 3 saturated heterocycles. The summed E-state index contributed by atoms with van der Waals surface area (Å²) < 4.78 is 114. The zero-order chi connectivity index (χ0) is 75.1. The van der Waals surface area contributed by atoms with Crippen LogP contribution in [0.5, 0.6) is 17.6 Å². The van der Waals surface area contributed by atoms with Crippen molar-refractivity contribution in [3.63, 3.8) is 0 Å². The van der Waals surface area contributed by atoms with Crippen LogP contribution in [0.2, 0.25) is 0 Å². The van der Waals surface area contributed by atoms with E-state index in [1.54, 1.807) is 68.3 Å². The minimum absolute atomic E-state index is 0. The van der Waals surface area contributed by atoms with Crippen molar-refractivity contribution in [2.45, 2.75) is 172 Å². The van der Waals surface area contributed by atoms with E-state index < -0.39 is 76.8 Å². The number of anilines is 2. The molecule has 3 unspecified atom stereocenters. The van der Waals surface area contributed by atoms with Crippen molar-refractivity contribution in [3.8, 4) is 17.6 Å². The van der Waals surface area contributed by atoms with Crippen LogP contribution in [0.4, 0.5) is 42.8 Å². The molecule has 3 atom stereocenters. The van der Waals surface area contributed by atoms with E-state index in [-0.39, 0.29) is 125 Å². The van der Waals surface area contributed by atoms with Gasteiger partial charge in [-0.25, -0.2) is 42.9 Å². The van der Waals surface area contributed by atoms with Gasteiger partial charge in [-0.3, -0.25) is 33.7 Å². The number of aldehydes is 1. The molecule has 0 spiro atoms. The molecule has 570 valence electrons. The Hall–Kier alpha value is -8.26. The number of rotatable bonds is 26. The number of pyridine rings is 5. The van der Waals surface area contributed by atoms with E-state index in [1.165, 1.54) is 49.1 Å². The topological polar surface area (TPSA) is 312 Å². The van der Waals surface area contributed by atoms with Crippen LogP contribution in [0.3, 0.4) is 0 Å². The van der Waals surface area contributed by atoms with Crippen molar-refractivity contribution in [3.05, 3.63) is 118 Å². The number of fused-ring (bicyclic) bond motifs is 2. The maximum Gasteiger partial charge on any atom is 1.00 e. The van der Waals surface area contributed by atoms with Crippen molar-refractivity contribution < 1.29 is 128 Å². The van der Waals surface area contributed by atoms with Crippen molar-refractivity contribution in [2.24, 2.45) is 0 Å². The Morgan fingerprint density at radius 3 is 1.34 bits per heavy atom. The van der Waals surface area contributed by atoms with Crippen LogP contribution < -0.4 is 59.3 Å². The molecule has 3 N–H and O–H groups in total. The molecule has 0 aliphatic carbocycles. The van der Waals surface area contributed by atoms with Crippen LogP contribution in [0.15, 0.2) is 79.3 Å². The Bertz CT molecular complexity index is 3640. The largest absolute Gasteiger partial charge is 1.00 e.